The van der Waals surface area contributed by atoms with Gasteiger partial charge in [0.15, 0.2) is 5.15 Å². The molecule has 0 spiro atoms. The predicted molar refractivity (Wildman–Crippen MR) is 75.7 cm³/mol. The van der Waals surface area contributed by atoms with Crippen molar-refractivity contribution in [3.8, 4) is 0 Å². The van der Waals surface area contributed by atoms with E-state index in [0.717, 1.165) is 30.5 Å². The molecule has 0 aromatic carbocycles. The molecule has 2 atom stereocenters. The second-order valence-electron chi connectivity index (χ2n) is 4.79. The van der Waals surface area contributed by atoms with Crippen LogP contribution < -0.4 is 5.32 Å². The van der Waals surface area contributed by atoms with Crippen molar-refractivity contribution < 1.29 is 4.74 Å². The third-order valence-corrected chi connectivity index (χ3v) is 3.92. The Hall–Kier alpha value is -0.510. The molecule has 1 saturated carbocycles. The van der Waals surface area contributed by atoms with Crippen LogP contribution in [0.25, 0.3) is 0 Å². The topological polar surface area (TPSA) is 34.1 Å². The maximum absolute atomic E-state index is 6.13. The van der Waals surface area contributed by atoms with Gasteiger partial charge in [0, 0.05) is 13.2 Å². The highest BCUT2D eigenvalue weighted by Crippen LogP contribution is 2.30. The average Bonchev–Trinajstić information content (AvgIpc) is 2.34. The Morgan fingerprint density at radius 1 is 1.39 bits per heavy atom. The van der Waals surface area contributed by atoms with Crippen molar-refractivity contribution in [2.24, 2.45) is 0 Å². The molecule has 0 radical (unpaired) electrons. The molecule has 0 amide bonds. The number of aryl methyl sites for hydroxylation is 1. The molecule has 3 nitrogen and oxygen atoms in total. The number of methoxy groups -OCH3 is 1. The van der Waals surface area contributed by atoms with Crippen molar-refractivity contribution in [3.05, 3.63) is 21.9 Å². The van der Waals surface area contributed by atoms with Gasteiger partial charge in [0.1, 0.15) is 5.15 Å². The minimum absolute atomic E-state index is 0.343. The minimum atomic E-state index is 0.343. The van der Waals surface area contributed by atoms with Gasteiger partial charge in [-0.05, 0) is 44.2 Å². The largest absolute Gasteiger partial charge is 0.381 e. The van der Waals surface area contributed by atoms with Crippen LogP contribution in [-0.2, 0) is 4.74 Å². The number of aromatic nitrogens is 1. The van der Waals surface area contributed by atoms with E-state index in [1.54, 1.807) is 7.11 Å². The van der Waals surface area contributed by atoms with Crippen LogP contribution >= 0.6 is 23.2 Å². The molecule has 100 valence electrons. The van der Waals surface area contributed by atoms with Crippen molar-refractivity contribution >= 4 is 28.9 Å². The van der Waals surface area contributed by atoms with Gasteiger partial charge in [0.2, 0.25) is 0 Å². The molecule has 1 heterocycles. The fourth-order valence-electron chi connectivity index (χ4n) is 2.46. The van der Waals surface area contributed by atoms with E-state index >= 15 is 0 Å². The van der Waals surface area contributed by atoms with Crippen LogP contribution in [0.4, 0.5) is 5.69 Å². The molecule has 1 N–H and O–H groups in total. The van der Waals surface area contributed by atoms with Crippen LogP contribution in [-0.4, -0.2) is 24.2 Å². The van der Waals surface area contributed by atoms with Crippen LogP contribution in [0.1, 0.15) is 31.2 Å². The zero-order chi connectivity index (χ0) is 13.1. The fourth-order valence-corrected chi connectivity index (χ4v) is 3.05. The van der Waals surface area contributed by atoms with Crippen molar-refractivity contribution in [1.29, 1.82) is 0 Å². The molecule has 0 aliphatic heterocycles. The quantitative estimate of drug-likeness (QED) is 0.852. The van der Waals surface area contributed by atoms with Gasteiger partial charge in [-0.2, -0.15) is 0 Å². The number of anilines is 1. The molecule has 1 aliphatic rings. The lowest BCUT2D eigenvalue weighted by atomic mass is 9.92. The maximum Gasteiger partial charge on any atom is 0.154 e. The summed E-state index contributed by atoms with van der Waals surface area (Å²) in [6, 6.07) is 2.22. The van der Waals surface area contributed by atoms with E-state index < -0.39 is 0 Å². The number of rotatable bonds is 3. The van der Waals surface area contributed by atoms with E-state index in [1.165, 1.54) is 6.42 Å². The summed E-state index contributed by atoms with van der Waals surface area (Å²) in [5.74, 6) is 0. The Labute approximate surface area is 118 Å². The number of halogens is 2. The van der Waals surface area contributed by atoms with E-state index in [-0.39, 0.29) is 0 Å². The first-order valence-electron chi connectivity index (χ1n) is 6.22. The summed E-state index contributed by atoms with van der Waals surface area (Å²) < 4.78 is 5.43. The summed E-state index contributed by atoms with van der Waals surface area (Å²) in [5, 5.41) is 4.35. The molecule has 1 aromatic heterocycles. The molecule has 18 heavy (non-hydrogen) atoms. The van der Waals surface area contributed by atoms with Crippen LogP contribution in [0.15, 0.2) is 6.07 Å². The first-order chi connectivity index (χ1) is 8.60. The predicted octanol–water partition coefficient (Wildman–Crippen LogP) is 4.07. The number of hydrogen-bond donors (Lipinski definition) is 1. The van der Waals surface area contributed by atoms with Gasteiger partial charge in [-0.25, -0.2) is 4.98 Å². The molecule has 0 bridgehead atoms. The maximum atomic E-state index is 6.13. The summed E-state index contributed by atoms with van der Waals surface area (Å²) in [4.78, 5) is 4.08. The Kier molecular flexibility index (Phi) is 4.71. The van der Waals surface area contributed by atoms with Gasteiger partial charge < -0.3 is 10.1 Å². The second kappa shape index (κ2) is 6.09. The van der Waals surface area contributed by atoms with Crippen molar-refractivity contribution in [2.75, 3.05) is 12.4 Å². The highest BCUT2D eigenvalue weighted by atomic mass is 35.5. The van der Waals surface area contributed by atoms with Gasteiger partial charge in [-0.1, -0.05) is 23.2 Å². The molecular formula is C13H18Cl2N2O. The zero-order valence-corrected chi connectivity index (χ0v) is 12.2. The van der Waals surface area contributed by atoms with Crippen molar-refractivity contribution in [1.82, 2.24) is 4.98 Å². The summed E-state index contributed by atoms with van der Waals surface area (Å²) in [5.41, 5.74) is 1.92. The monoisotopic (exact) mass is 288 g/mol. The molecule has 2 rings (SSSR count). The van der Waals surface area contributed by atoms with Gasteiger partial charge >= 0.3 is 0 Å². The molecule has 1 aliphatic carbocycles. The van der Waals surface area contributed by atoms with Crippen LogP contribution in [0, 0.1) is 6.92 Å². The number of ether oxygens (including phenoxy) is 1. The third-order valence-electron chi connectivity index (χ3n) is 3.45. The van der Waals surface area contributed by atoms with Crippen LogP contribution in [0.5, 0.6) is 0 Å². The van der Waals surface area contributed by atoms with E-state index in [1.807, 2.05) is 13.0 Å². The van der Waals surface area contributed by atoms with Crippen molar-refractivity contribution in [2.45, 2.75) is 44.8 Å². The first-order valence-corrected chi connectivity index (χ1v) is 6.97. The lowest BCUT2D eigenvalue weighted by Gasteiger charge is -2.30. The lowest BCUT2D eigenvalue weighted by Crippen LogP contribution is -2.31. The Morgan fingerprint density at radius 3 is 2.83 bits per heavy atom. The molecule has 5 heteroatoms. The highest BCUT2D eigenvalue weighted by molar-refractivity contribution is 6.34. The number of nitrogens with one attached hydrogen (secondary N) is 1. The lowest BCUT2D eigenvalue weighted by molar-refractivity contribution is 0.0669. The molecule has 0 saturated heterocycles. The van der Waals surface area contributed by atoms with E-state index in [4.69, 9.17) is 27.9 Å². The summed E-state index contributed by atoms with van der Waals surface area (Å²) in [7, 11) is 1.77. The SMILES string of the molecule is COC1CCCC(Nc2c(C)cc(Cl)nc2Cl)C1. The number of nitrogens with zero attached hydrogens (tertiary/aromatic N) is 1. The van der Waals surface area contributed by atoms with Gasteiger partial charge in [-0.15, -0.1) is 0 Å². The zero-order valence-electron chi connectivity index (χ0n) is 10.7. The Morgan fingerprint density at radius 2 is 2.17 bits per heavy atom. The first kappa shape index (κ1) is 13.9. The number of pyridine rings is 1. The second-order valence-corrected chi connectivity index (χ2v) is 5.54. The fraction of sp³-hybridized carbons (Fsp3) is 0.615. The summed E-state index contributed by atoms with van der Waals surface area (Å²) >= 11 is 12.0. The van der Waals surface area contributed by atoms with E-state index in [2.05, 4.69) is 10.3 Å². The van der Waals surface area contributed by atoms with Crippen LogP contribution in [0.3, 0.4) is 0 Å². The van der Waals surface area contributed by atoms with Crippen molar-refractivity contribution in [3.63, 3.8) is 0 Å². The smallest absolute Gasteiger partial charge is 0.154 e. The van der Waals surface area contributed by atoms with Gasteiger partial charge in [0.05, 0.1) is 11.8 Å². The summed E-state index contributed by atoms with van der Waals surface area (Å²) in [6.07, 6.45) is 4.80. The Balaban J connectivity index is 2.09. The van der Waals surface area contributed by atoms with Crippen LogP contribution in [0.2, 0.25) is 10.3 Å². The summed E-state index contributed by atoms with van der Waals surface area (Å²) in [6.45, 7) is 1.98. The van der Waals surface area contributed by atoms with Gasteiger partial charge in [0.25, 0.3) is 0 Å². The molecular weight excluding hydrogens is 271 g/mol. The van der Waals surface area contributed by atoms with E-state index in [9.17, 15) is 0 Å². The third kappa shape index (κ3) is 3.28. The molecule has 2 unspecified atom stereocenters. The molecule has 1 aromatic rings. The average molecular weight is 289 g/mol. The van der Waals surface area contributed by atoms with Gasteiger partial charge in [-0.3, -0.25) is 0 Å². The molecule has 1 fully saturated rings. The minimum Gasteiger partial charge on any atom is -0.381 e. The Bertz CT molecular complexity index is 402. The standard InChI is InChI=1S/C13H18Cl2N2O/c1-8-6-11(14)17-13(15)12(8)16-9-4-3-5-10(7-9)18-2/h6,9-10,16H,3-5,7H2,1-2H3. The highest BCUT2D eigenvalue weighted by Gasteiger charge is 2.22. The van der Waals surface area contributed by atoms with E-state index in [0.29, 0.717) is 22.5 Å². The normalized spacial score (nSPS) is 24.0. The number of hydrogen-bond acceptors (Lipinski definition) is 3.